The Bertz CT molecular complexity index is 754. The van der Waals surface area contributed by atoms with Crippen LogP contribution < -0.4 is 16.0 Å². The summed E-state index contributed by atoms with van der Waals surface area (Å²) in [5.74, 6) is 0.203. The molecule has 6 heteroatoms. The molecule has 1 aromatic carbocycles. The van der Waals surface area contributed by atoms with Gasteiger partial charge in [0.2, 0.25) is 5.91 Å². The van der Waals surface area contributed by atoms with Crippen molar-refractivity contribution >= 4 is 23.3 Å². The van der Waals surface area contributed by atoms with Gasteiger partial charge in [-0.1, -0.05) is 44.2 Å². The molecule has 0 spiro atoms. The lowest BCUT2D eigenvalue weighted by Crippen LogP contribution is -2.44. The van der Waals surface area contributed by atoms with E-state index in [1.165, 1.54) is 5.56 Å². The number of carbonyl (C=O) groups excluding carboxylic acids is 2. The molecule has 27 heavy (non-hydrogen) atoms. The summed E-state index contributed by atoms with van der Waals surface area (Å²) in [6.45, 7) is 4.49. The molecule has 3 N–H and O–H groups in total. The molecule has 0 saturated heterocycles. The second-order valence-electron chi connectivity index (χ2n) is 7.10. The quantitative estimate of drug-likeness (QED) is 0.645. The molecule has 3 rings (SSSR count). The maximum absolute atomic E-state index is 12.1. The molecule has 2 aromatic rings. The summed E-state index contributed by atoms with van der Waals surface area (Å²) >= 11 is 1.65. The van der Waals surface area contributed by atoms with Crippen molar-refractivity contribution in [2.24, 2.45) is 0 Å². The van der Waals surface area contributed by atoms with E-state index in [9.17, 15) is 9.59 Å². The first-order valence-corrected chi connectivity index (χ1v) is 10.4. The van der Waals surface area contributed by atoms with Crippen molar-refractivity contribution in [2.45, 2.75) is 51.1 Å². The summed E-state index contributed by atoms with van der Waals surface area (Å²) in [6, 6.07) is 12.4. The third-order valence-corrected chi connectivity index (χ3v) is 5.85. The van der Waals surface area contributed by atoms with Crippen molar-refractivity contribution in [1.29, 1.82) is 0 Å². The van der Waals surface area contributed by atoms with Crippen LogP contribution in [0, 0.1) is 0 Å². The topological polar surface area (TPSA) is 70.2 Å². The molecule has 1 heterocycles. The third-order valence-electron chi connectivity index (χ3n) is 4.91. The lowest BCUT2D eigenvalue weighted by atomic mass is 9.95. The minimum Gasteiger partial charge on any atom is -0.335 e. The Morgan fingerprint density at radius 3 is 2.44 bits per heavy atom. The number of thiophene rings is 1. The first-order chi connectivity index (χ1) is 13.1. The molecule has 5 nitrogen and oxygen atoms in total. The summed E-state index contributed by atoms with van der Waals surface area (Å²) in [5.41, 5.74) is 2.43. The van der Waals surface area contributed by atoms with Crippen LogP contribution in [0.1, 0.15) is 61.1 Å². The van der Waals surface area contributed by atoms with Crippen LogP contribution in [-0.4, -0.2) is 24.5 Å². The normalized spacial score (nSPS) is 15.8. The number of imide groups is 1. The average molecular weight is 386 g/mol. The van der Waals surface area contributed by atoms with Gasteiger partial charge < -0.3 is 5.32 Å². The minimum absolute atomic E-state index is 0.0757. The van der Waals surface area contributed by atoms with Crippen molar-refractivity contribution in [3.8, 4) is 0 Å². The Balaban J connectivity index is 1.63. The van der Waals surface area contributed by atoms with Crippen molar-refractivity contribution in [3.63, 3.8) is 0 Å². The Labute approximate surface area is 164 Å². The van der Waals surface area contributed by atoms with Crippen LogP contribution in [0.4, 0.5) is 4.79 Å². The van der Waals surface area contributed by atoms with Gasteiger partial charge in [0.1, 0.15) is 0 Å². The highest BCUT2D eigenvalue weighted by Gasteiger charge is 2.24. The predicted molar refractivity (Wildman–Crippen MR) is 109 cm³/mol. The molecule has 1 aliphatic carbocycles. The molecular formula is C21H27N3O2S. The summed E-state index contributed by atoms with van der Waals surface area (Å²) in [4.78, 5) is 25.0. The maximum Gasteiger partial charge on any atom is 0.321 e. The minimum atomic E-state index is -0.408. The summed E-state index contributed by atoms with van der Waals surface area (Å²) in [6.07, 6.45) is 3.09. The van der Waals surface area contributed by atoms with Gasteiger partial charge in [-0.2, -0.15) is 0 Å². The number of rotatable bonds is 8. The van der Waals surface area contributed by atoms with Gasteiger partial charge in [-0.3, -0.25) is 15.4 Å². The van der Waals surface area contributed by atoms with Crippen LogP contribution in [0.3, 0.4) is 0 Å². The van der Waals surface area contributed by atoms with E-state index in [-0.39, 0.29) is 24.5 Å². The zero-order chi connectivity index (χ0) is 19.2. The Kier molecular flexibility index (Phi) is 6.63. The smallest absolute Gasteiger partial charge is 0.321 e. The van der Waals surface area contributed by atoms with E-state index in [2.05, 4.69) is 60.1 Å². The molecular weight excluding hydrogens is 358 g/mol. The van der Waals surface area contributed by atoms with Gasteiger partial charge in [0.25, 0.3) is 0 Å². The first-order valence-electron chi connectivity index (χ1n) is 9.53. The van der Waals surface area contributed by atoms with E-state index in [0.717, 1.165) is 29.7 Å². The molecule has 0 radical (unpaired) electrons. The molecule has 1 fully saturated rings. The highest BCUT2D eigenvalue weighted by atomic mass is 32.1. The molecule has 1 aromatic heterocycles. The molecule has 0 aliphatic heterocycles. The molecule has 0 unspecified atom stereocenters. The number of urea groups is 1. The number of amides is 3. The zero-order valence-electron chi connectivity index (χ0n) is 15.8. The summed E-state index contributed by atoms with van der Waals surface area (Å²) in [7, 11) is 0. The molecule has 0 bridgehead atoms. The zero-order valence-corrected chi connectivity index (χ0v) is 16.6. The highest BCUT2D eigenvalue weighted by Crippen LogP contribution is 2.28. The summed E-state index contributed by atoms with van der Waals surface area (Å²) in [5, 5.41) is 10.5. The molecule has 1 saturated carbocycles. The third kappa shape index (κ3) is 5.65. The number of nitrogens with one attached hydrogen (secondary N) is 3. The van der Waals surface area contributed by atoms with Gasteiger partial charge in [0.05, 0.1) is 12.6 Å². The number of hydrogen-bond acceptors (Lipinski definition) is 4. The number of hydrogen-bond donors (Lipinski definition) is 3. The van der Waals surface area contributed by atoms with Crippen LogP contribution in [0.2, 0.25) is 0 Å². The van der Waals surface area contributed by atoms with Crippen LogP contribution in [0.25, 0.3) is 0 Å². The monoisotopic (exact) mass is 385 g/mol. The SMILES string of the molecule is CC[C@@H](C)c1ccc([C@@H](NCC(=O)NC(=O)NC2CC2)c2cccs2)cc1. The largest absolute Gasteiger partial charge is 0.335 e. The maximum atomic E-state index is 12.1. The van der Waals surface area contributed by atoms with E-state index >= 15 is 0 Å². The lowest BCUT2D eigenvalue weighted by molar-refractivity contribution is -0.119. The van der Waals surface area contributed by atoms with Crippen LogP contribution in [0.15, 0.2) is 41.8 Å². The standard InChI is InChI=1S/C21H27N3O2S/c1-3-14(2)15-6-8-16(9-7-15)20(18-5-4-12-27-18)22-13-19(25)24-21(26)23-17-10-11-17/h4-9,12,14,17,20,22H,3,10-11,13H2,1-2H3,(H2,23,24,25,26)/t14-,20-/m1/s1. The number of carbonyl (C=O) groups is 2. The molecule has 1 aliphatic rings. The van der Waals surface area contributed by atoms with Gasteiger partial charge in [0.15, 0.2) is 0 Å². The Hall–Kier alpha value is -2.18. The van der Waals surface area contributed by atoms with Crippen molar-refractivity contribution in [2.75, 3.05) is 6.54 Å². The Morgan fingerprint density at radius 1 is 1.15 bits per heavy atom. The van der Waals surface area contributed by atoms with Crippen LogP contribution in [0.5, 0.6) is 0 Å². The van der Waals surface area contributed by atoms with Gasteiger partial charge in [-0.15, -0.1) is 11.3 Å². The van der Waals surface area contributed by atoms with Crippen molar-refractivity contribution in [3.05, 3.63) is 57.8 Å². The van der Waals surface area contributed by atoms with Crippen molar-refractivity contribution in [1.82, 2.24) is 16.0 Å². The molecule has 2 atom stereocenters. The summed E-state index contributed by atoms with van der Waals surface area (Å²) < 4.78 is 0. The van der Waals surface area contributed by atoms with E-state index in [1.807, 2.05) is 11.4 Å². The molecule has 3 amide bonds. The predicted octanol–water partition coefficient (Wildman–Crippen LogP) is 3.93. The van der Waals surface area contributed by atoms with E-state index in [4.69, 9.17) is 0 Å². The average Bonchev–Trinajstić information content (AvgIpc) is 3.31. The first kappa shape index (κ1) is 19.6. The van der Waals surface area contributed by atoms with Crippen LogP contribution in [-0.2, 0) is 4.79 Å². The number of benzene rings is 1. The molecule has 144 valence electrons. The van der Waals surface area contributed by atoms with Gasteiger partial charge in [0, 0.05) is 10.9 Å². The van der Waals surface area contributed by atoms with Gasteiger partial charge in [-0.25, -0.2) is 4.79 Å². The fourth-order valence-corrected chi connectivity index (χ4v) is 3.73. The fourth-order valence-electron chi connectivity index (χ4n) is 2.91. The van der Waals surface area contributed by atoms with Gasteiger partial charge in [-0.05, 0) is 47.8 Å². The van der Waals surface area contributed by atoms with E-state index < -0.39 is 6.03 Å². The van der Waals surface area contributed by atoms with Gasteiger partial charge >= 0.3 is 6.03 Å². The fraction of sp³-hybridized carbons (Fsp3) is 0.429. The van der Waals surface area contributed by atoms with E-state index in [1.54, 1.807) is 11.3 Å². The van der Waals surface area contributed by atoms with Crippen LogP contribution >= 0.6 is 11.3 Å². The second-order valence-corrected chi connectivity index (χ2v) is 8.08. The highest BCUT2D eigenvalue weighted by molar-refractivity contribution is 7.10. The second kappa shape index (κ2) is 9.15. The van der Waals surface area contributed by atoms with Crippen molar-refractivity contribution < 1.29 is 9.59 Å². The van der Waals surface area contributed by atoms with E-state index in [0.29, 0.717) is 5.92 Å². The Morgan fingerprint density at radius 2 is 1.85 bits per heavy atom. The lowest BCUT2D eigenvalue weighted by Gasteiger charge is -2.19.